The van der Waals surface area contributed by atoms with Crippen LogP contribution in [-0.4, -0.2) is 24.0 Å². The van der Waals surface area contributed by atoms with E-state index in [2.05, 4.69) is 50.9 Å². The molecule has 1 aliphatic rings. The van der Waals surface area contributed by atoms with Gasteiger partial charge in [0, 0.05) is 32.0 Å². The maximum absolute atomic E-state index is 4.41. The summed E-state index contributed by atoms with van der Waals surface area (Å²) in [4.78, 5) is 8.57. The smallest absolute Gasteiger partial charge is 0.191 e. The molecule has 5 heteroatoms. The van der Waals surface area contributed by atoms with Gasteiger partial charge in [0.15, 0.2) is 5.96 Å². The summed E-state index contributed by atoms with van der Waals surface area (Å²) in [5.41, 5.74) is 3.57. The maximum atomic E-state index is 4.41. The quantitative estimate of drug-likeness (QED) is 0.788. The third-order valence-corrected chi connectivity index (χ3v) is 3.28. The molecular formula is C16H19IN4. The number of guanidine groups is 1. The molecule has 2 aromatic rings. The molecule has 1 aromatic heterocycles. The molecule has 0 saturated heterocycles. The number of halogens is 1. The third-order valence-electron chi connectivity index (χ3n) is 3.28. The zero-order valence-electron chi connectivity index (χ0n) is 11.7. The lowest BCUT2D eigenvalue weighted by atomic mass is 10.0. The van der Waals surface area contributed by atoms with Crippen LogP contribution in [0.1, 0.15) is 12.0 Å². The number of hydrogen-bond acceptors (Lipinski definition) is 4. The Hall–Kier alpha value is -1.63. The Kier molecular flexibility index (Phi) is 5.98. The van der Waals surface area contributed by atoms with Crippen molar-refractivity contribution in [3.63, 3.8) is 0 Å². The molecule has 3 rings (SSSR count). The van der Waals surface area contributed by atoms with Crippen LogP contribution in [-0.2, 0) is 6.54 Å². The predicted octanol–water partition coefficient (Wildman–Crippen LogP) is 2.81. The first-order valence-electron chi connectivity index (χ1n) is 6.93. The van der Waals surface area contributed by atoms with Crippen molar-refractivity contribution >= 4 is 29.9 Å². The minimum Gasteiger partial charge on any atom is -0.356 e. The van der Waals surface area contributed by atoms with Gasteiger partial charge in [-0.1, -0.05) is 24.3 Å². The SMILES string of the molecule is I.c1cncc(-c2cccc(CNC3=NCCCN3)c2)c1. The van der Waals surface area contributed by atoms with Gasteiger partial charge in [-0.05, 0) is 35.2 Å². The van der Waals surface area contributed by atoms with Crippen molar-refractivity contribution in [3.05, 3.63) is 54.4 Å². The molecule has 0 fully saturated rings. The summed E-state index contributed by atoms with van der Waals surface area (Å²) in [6, 6.07) is 12.5. The lowest BCUT2D eigenvalue weighted by molar-refractivity contribution is 0.702. The predicted molar refractivity (Wildman–Crippen MR) is 96.8 cm³/mol. The molecule has 0 amide bonds. The van der Waals surface area contributed by atoms with E-state index < -0.39 is 0 Å². The van der Waals surface area contributed by atoms with Crippen molar-refractivity contribution in [2.24, 2.45) is 4.99 Å². The van der Waals surface area contributed by atoms with Crippen molar-refractivity contribution in [2.75, 3.05) is 13.1 Å². The Morgan fingerprint density at radius 1 is 1.14 bits per heavy atom. The summed E-state index contributed by atoms with van der Waals surface area (Å²) in [6.07, 6.45) is 4.79. The first-order chi connectivity index (χ1) is 9.92. The number of rotatable bonds is 3. The third kappa shape index (κ3) is 4.42. The van der Waals surface area contributed by atoms with E-state index >= 15 is 0 Å². The fourth-order valence-electron chi connectivity index (χ4n) is 2.23. The molecule has 1 aliphatic heterocycles. The van der Waals surface area contributed by atoms with Crippen LogP contribution in [0.5, 0.6) is 0 Å². The molecule has 110 valence electrons. The Morgan fingerprint density at radius 3 is 2.81 bits per heavy atom. The van der Waals surface area contributed by atoms with Crippen molar-refractivity contribution < 1.29 is 0 Å². The van der Waals surface area contributed by atoms with E-state index in [0.717, 1.165) is 37.6 Å². The number of aliphatic imine (C=N–C) groups is 1. The van der Waals surface area contributed by atoms with Gasteiger partial charge in [-0.15, -0.1) is 24.0 Å². The number of nitrogens with one attached hydrogen (secondary N) is 2. The van der Waals surface area contributed by atoms with E-state index in [9.17, 15) is 0 Å². The van der Waals surface area contributed by atoms with Crippen LogP contribution < -0.4 is 10.6 Å². The maximum Gasteiger partial charge on any atom is 0.191 e. The topological polar surface area (TPSA) is 49.3 Å². The highest BCUT2D eigenvalue weighted by Gasteiger charge is 2.04. The first kappa shape index (κ1) is 15.8. The Labute approximate surface area is 142 Å². The summed E-state index contributed by atoms with van der Waals surface area (Å²) in [5, 5.41) is 6.60. The highest BCUT2D eigenvalue weighted by atomic mass is 127. The highest BCUT2D eigenvalue weighted by molar-refractivity contribution is 14.0. The summed E-state index contributed by atoms with van der Waals surface area (Å²) in [5.74, 6) is 0.906. The molecule has 0 radical (unpaired) electrons. The van der Waals surface area contributed by atoms with Crippen molar-refractivity contribution in [3.8, 4) is 11.1 Å². The minimum atomic E-state index is 0. The van der Waals surface area contributed by atoms with Gasteiger partial charge < -0.3 is 10.6 Å². The van der Waals surface area contributed by atoms with Crippen LogP contribution >= 0.6 is 24.0 Å². The van der Waals surface area contributed by atoms with E-state index in [1.165, 1.54) is 11.1 Å². The number of aromatic nitrogens is 1. The number of nitrogens with zero attached hydrogens (tertiary/aromatic N) is 2. The number of pyridine rings is 1. The van der Waals surface area contributed by atoms with Crippen LogP contribution in [0, 0.1) is 0 Å². The average molecular weight is 394 g/mol. The van der Waals surface area contributed by atoms with Gasteiger partial charge >= 0.3 is 0 Å². The summed E-state index contributed by atoms with van der Waals surface area (Å²) in [7, 11) is 0. The fraction of sp³-hybridized carbons (Fsp3) is 0.250. The lowest BCUT2D eigenvalue weighted by Crippen LogP contribution is -2.40. The summed E-state index contributed by atoms with van der Waals surface area (Å²) < 4.78 is 0. The number of hydrogen-bond donors (Lipinski definition) is 2. The Morgan fingerprint density at radius 2 is 2.05 bits per heavy atom. The second kappa shape index (κ2) is 7.97. The molecule has 21 heavy (non-hydrogen) atoms. The van der Waals surface area contributed by atoms with Crippen LogP contribution in [0.4, 0.5) is 0 Å². The minimum absolute atomic E-state index is 0. The van der Waals surface area contributed by atoms with Gasteiger partial charge in [0.2, 0.25) is 0 Å². The van der Waals surface area contributed by atoms with Crippen LogP contribution in [0.25, 0.3) is 11.1 Å². The Bertz CT molecular complexity index is 598. The van der Waals surface area contributed by atoms with Crippen molar-refractivity contribution in [1.82, 2.24) is 15.6 Å². The molecule has 0 spiro atoms. The zero-order chi connectivity index (χ0) is 13.6. The van der Waals surface area contributed by atoms with Gasteiger partial charge in [0.05, 0.1) is 0 Å². The first-order valence-corrected chi connectivity index (χ1v) is 6.93. The molecule has 0 saturated carbocycles. The van der Waals surface area contributed by atoms with E-state index in [-0.39, 0.29) is 24.0 Å². The molecule has 0 aliphatic carbocycles. The molecule has 0 bridgehead atoms. The van der Waals surface area contributed by atoms with Gasteiger partial charge in [-0.25, -0.2) is 0 Å². The highest BCUT2D eigenvalue weighted by Crippen LogP contribution is 2.19. The lowest BCUT2D eigenvalue weighted by Gasteiger charge is -2.16. The monoisotopic (exact) mass is 394 g/mol. The molecule has 1 aromatic carbocycles. The van der Waals surface area contributed by atoms with Crippen LogP contribution in [0.15, 0.2) is 53.8 Å². The molecular weight excluding hydrogens is 375 g/mol. The van der Waals surface area contributed by atoms with Gasteiger partial charge in [0.1, 0.15) is 0 Å². The second-order valence-electron chi connectivity index (χ2n) is 4.81. The van der Waals surface area contributed by atoms with E-state index in [1.807, 2.05) is 12.3 Å². The normalized spacial score (nSPS) is 13.6. The molecule has 4 nitrogen and oxygen atoms in total. The van der Waals surface area contributed by atoms with Crippen molar-refractivity contribution in [1.29, 1.82) is 0 Å². The van der Waals surface area contributed by atoms with Gasteiger partial charge in [0.25, 0.3) is 0 Å². The van der Waals surface area contributed by atoms with Crippen LogP contribution in [0.3, 0.4) is 0 Å². The largest absolute Gasteiger partial charge is 0.356 e. The van der Waals surface area contributed by atoms with E-state index in [0.29, 0.717) is 0 Å². The molecule has 0 unspecified atom stereocenters. The molecule has 2 heterocycles. The van der Waals surface area contributed by atoms with Gasteiger partial charge in [-0.2, -0.15) is 0 Å². The van der Waals surface area contributed by atoms with Crippen molar-refractivity contribution in [2.45, 2.75) is 13.0 Å². The second-order valence-corrected chi connectivity index (χ2v) is 4.81. The standard InChI is InChI=1S/C16H18N4.HI/c1-4-13(11-20-16-18-8-3-9-19-16)10-14(5-1)15-6-2-7-17-12-15;/h1-2,4-7,10,12H,3,8-9,11H2,(H2,18,19,20);1H. The fourth-order valence-corrected chi connectivity index (χ4v) is 2.23. The zero-order valence-corrected chi connectivity index (χ0v) is 14.1. The molecule has 0 atom stereocenters. The summed E-state index contributed by atoms with van der Waals surface area (Å²) in [6.45, 7) is 2.69. The van der Waals surface area contributed by atoms with Crippen LogP contribution in [0.2, 0.25) is 0 Å². The molecule has 2 N–H and O–H groups in total. The van der Waals surface area contributed by atoms with E-state index in [1.54, 1.807) is 6.20 Å². The summed E-state index contributed by atoms with van der Waals surface area (Å²) >= 11 is 0. The van der Waals surface area contributed by atoms with Gasteiger partial charge in [-0.3, -0.25) is 9.98 Å². The Balaban J connectivity index is 0.00000161. The van der Waals surface area contributed by atoms with E-state index in [4.69, 9.17) is 0 Å². The average Bonchev–Trinajstić information content (AvgIpc) is 2.55. The number of benzene rings is 1.